The summed E-state index contributed by atoms with van der Waals surface area (Å²) in [7, 11) is 0. The van der Waals surface area contributed by atoms with Crippen molar-refractivity contribution in [2.75, 3.05) is 31.1 Å². The molecular formula is C13H18BrN3O. The van der Waals surface area contributed by atoms with E-state index < -0.39 is 0 Å². The average molecular weight is 312 g/mol. The number of nitrogens with two attached hydrogens (primary N) is 1. The molecule has 0 radical (unpaired) electrons. The fourth-order valence-electron chi connectivity index (χ4n) is 2.21. The maximum absolute atomic E-state index is 11.3. The van der Waals surface area contributed by atoms with Crippen LogP contribution in [0.3, 0.4) is 0 Å². The summed E-state index contributed by atoms with van der Waals surface area (Å²) in [6.07, 6.45) is 0. The molecule has 1 aliphatic rings. The van der Waals surface area contributed by atoms with Crippen LogP contribution in [0.4, 0.5) is 5.69 Å². The molecule has 0 unspecified atom stereocenters. The van der Waals surface area contributed by atoms with E-state index in [1.807, 2.05) is 11.0 Å². The van der Waals surface area contributed by atoms with Crippen molar-refractivity contribution in [3.8, 4) is 0 Å². The minimum absolute atomic E-state index is 0.159. The largest absolute Gasteiger partial charge is 0.368 e. The van der Waals surface area contributed by atoms with Gasteiger partial charge in [0.25, 0.3) is 0 Å². The molecule has 0 aliphatic carbocycles. The topological polar surface area (TPSA) is 49.6 Å². The molecule has 2 rings (SSSR count). The van der Waals surface area contributed by atoms with Crippen molar-refractivity contribution in [2.45, 2.75) is 13.5 Å². The van der Waals surface area contributed by atoms with Crippen molar-refractivity contribution in [1.82, 2.24) is 4.90 Å². The Morgan fingerprint density at radius 2 is 1.94 bits per heavy atom. The zero-order valence-electron chi connectivity index (χ0n) is 10.5. The Bertz CT molecular complexity index is 442. The highest BCUT2D eigenvalue weighted by molar-refractivity contribution is 9.10. The summed E-state index contributed by atoms with van der Waals surface area (Å²) in [5.74, 6) is 0.159. The molecule has 98 valence electrons. The van der Waals surface area contributed by atoms with E-state index in [2.05, 4.69) is 33.0 Å². The summed E-state index contributed by atoms with van der Waals surface area (Å²) in [4.78, 5) is 15.5. The first kappa shape index (κ1) is 13.4. The van der Waals surface area contributed by atoms with Crippen LogP contribution >= 0.6 is 15.9 Å². The first-order chi connectivity index (χ1) is 8.60. The van der Waals surface area contributed by atoms with Crippen LogP contribution in [0.1, 0.15) is 12.5 Å². The van der Waals surface area contributed by atoms with Gasteiger partial charge in [0.2, 0.25) is 5.91 Å². The Kier molecular flexibility index (Phi) is 4.24. The third-order valence-corrected chi connectivity index (χ3v) is 3.73. The third kappa shape index (κ3) is 3.03. The molecule has 18 heavy (non-hydrogen) atoms. The van der Waals surface area contributed by atoms with Gasteiger partial charge >= 0.3 is 0 Å². The van der Waals surface area contributed by atoms with Gasteiger partial charge in [-0.15, -0.1) is 0 Å². The first-order valence-electron chi connectivity index (χ1n) is 6.10. The molecule has 4 nitrogen and oxygen atoms in total. The average Bonchev–Trinajstić information content (AvgIpc) is 2.38. The molecule has 2 N–H and O–H groups in total. The van der Waals surface area contributed by atoms with Gasteiger partial charge in [0.05, 0.1) is 0 Å². The van der Waals surface area contributed by atoms with Gasteiger partial charge in [-0.1, -0.05) is 15.9 Å². The van der Waals surface area contributed by atoms with Crippen LogP contribution in [-0.4, -0.2) is 37.0 Å². The summed E-state index contributed by atoms with van der Waals surface area (Å²) < 4.78 is 1.05. The van der Waals surface area contributed by atoms with E-state index in [-0.39, 0.29) is 5.91 Å². The van der Waals surface area contributed by atoms with Gasteiger partial charge in [0, 0.05) is 49.8 Å². The van der Waals surface area contributed by atoms with Crippen LogP contribution in [-0.2, 0) is 11.3 Å². The van der Waals surface area contributed by atoms with E-state index in [1.165, 1.54) is 5.69 Å². The number of hydrogen-bond acceptors (Lipinski definition) is 3. The summed E-state index contributed by atoms with van der Waals surface area (Å²) in [6, 6.07) is 6.26. The summed E-state index contributed by atoms with van der Waals surface area (Å²) in [5.41, 5.74) is 7.98. The smallest absolute Gasteiger partial charge is 0.219 e. The number of piperazine rings is 1. The monoisotopic (exact) mass is 311 g/mol. The highest BCUT2D eigenvalue weighted by Crippen LogP contribution is 2.23. The van der Waals surface area contributed by atoms with Gasteiger partial charge in [-0.2, -0.15) is 0 Å². The molecule has 1 amide bonds. The fourth-order valence-corrected chi connectivity index (χ4v) is 2.74. The highest BCUT2D eigenvalue weighted by Gasteiger charge is 2.19. The Hall–Kier alpha value is -1.07. The van der Waals surface area contributed by atoms with E-state index in [4.69, 9.17) is 5.73 Å². The van der Waals surface area contributed by atoms with Gasteiger partial charge in [-0.05, 0) is 23.8 Å². The number of anilines is 1. The van der Waals surface area contributed by atoms with E-state index in [0.717, 1.165) is 36.2 Å². The lowest BCUT2D eigenvalue weighted by Gasteiger charge is -2.35. The predicted octanol–water partition coefficient (Wildman–Crippen LogP) is 1.58. The summed E-state index contributed by atoms with van der Waals surface area (Å²) in [6.45, 7) is 5.50. The lowest BCUT2D eigenvalue weighted by molar-refractivity contribution is -0.129. The van der Waals surface area contributed by atoms with Gasteiger partial charge in [-0.25, -0.2) is 0 Å². The zero-order valence-corrected chi connectivity index (χ0v) is 12.1. The van der Waals surface area contributed by atoms with E-state index in [0.29, 0.717) is 6.54 Å². The first-order valence-corrected chi connectivity index (χ1v) is 6.89. The van der Waals surface area contributed by atoms with Gasteiger partial charge in [0.1, 0.15) is 0 Å². The molecule has 1 aromatic carbocycles. The van der Waals surface area contributed by atoms with Gasteiger partial charge < -0.3 is 15.5 Å². The van der Waals surface area contributed by atoms with Crippen LogP contribution in [0.5, 0.6) is 0 Å². The minimum atomic E-state index is 0.159. The molecule has 0 aromatic heterocycles. The second-order valence-electron chi connectivity index (χ2n) is 4.51. The maximum atomic E-state index is 11.3. The molecule has 0 saturated carbocycles. The van der Waals surface area contributed by atoms with E-state index in [1.54, 1.807) is 6.92 Å². The maximum Gasteiger partial charge on any atom is 0.219 e. The Labute approximate surface area is 116 Å². The molecule has 0 atom stereocenters. The molecule has 5 heteroatoms. The van der Waals surface area contributed by atoms with Gasteiger partial charge in [-0.3, -0.25) is 4.79 Å². The standard InChI is InChI=1S/C13H18BrN3O/c1-10(18)16-2-4-17(5-3-16)13-7-11(9-15)6-12(14)8-13/h6-8H,2-5,9,15H2,1H3. The summed E-state index contributed by atoms with van der Waals surface area (Å²) in [5, 5.41) is 0. The Morgan fingerprint density at radius 3 is 2.50 bits per heavy atom. The number of hydrogen-bond donors (Lipinski definition) is 1. The fraction of sp³-hybridized carbons (Fsp3) is 0.462. The van der Waals surface area contributed by atoms with Crippen LogP contribution in [0.15, 0.2) is 22.7 Å². The van der Waals surface area contributed by atoms with Crippen molar-refractivity contribution in [3.63, 3.8) is 0 Å². The van der Waals surface area contributed by atoms with Crippen LogP contribution in [0, 0.1) is 0 Å². The number of halogens is 1. The number of benzene rings is 1. The number of carbonyl (C=O) groups is 1. The summed E-state index contributed by atoms with van der Waals surface area (Å²) >= 11 is 3.51. The Balaban J connectivity index is 2.09. The molecule has 1 saturated heterocycles. The molecule has 1 fully saturated rings. The van der Waals surface area contributed by atoms with Crippen molar-refractivity contribution < 1.29 is 4.79 Å². The predicted molar refractivity (Wildman–Crippen MR) is 76.5 cm³/mol. The molecule has 0 bridgehead atoms. The van der Waals surface area contributed by atoms with Crippen molar-refractivity contribution in [2.24, 2.45) is 5.73 Å². The molecule has 1 aromatic rings. The SMILES string of the molecule is CC(=O)N1CCN(c2cc(Br)cc(CN)c2)CC1. The van der Waals surface area contributed by atoms with E-state index >= 15 is 0 Å². The minimum Gasteiger partial charge on any atom is -0.368 e. The van der Waals surface area contributed by atoms with Crippen molar-refractivity contribution in [3.05, 3.63) is 28.2 Å². The molecule has 1 heterocycles. The second-order valence-corrected chi connectivity index (χ2v) is 5.43. The second kappa shape index (κ2) is 5.71. The van der Waals surface area contributed by atoms with Crippen molar-refractivity contribution >= 4 is 27.5 Å². The third-order valence-electron chi connectivity index (χ3n) is 3.27. The van der Waals surface area contributed by atoms with Crippen molar-refractivity contribution in [1.29, 1.82) is 0 Å². The highest BCUT2D eigenvalue weighted by atomic mass is 79.9. The Morgan fingerprint density at radius 1 is 1.28 bits per heavy atom. The number of rotatable bonds is 2. The van der Waals surface area contributed by atoms with Crippen LogP contribution in [0.2, 0.25) is 0 Å². The number of amides is 1. The van der Waals surface area contributed by atoms with Crippen LogP contribution < -0.4 is 10.6 Å². The zero-order chi connectivity index (χ0) is 13.1. The molecule has 0 spiro atoms. The van der Waals surface area contributed by atoms with E-state index in [9.17, 15) is 4.79 Å². The molecule has 1 aliphatic heterocycles. The quantitative estimate of drug-likeness (QED) is 0.902. The molecular weight excluding hydrogens is 294 g/mol. The lowest BCUT2D eigenvalue weighted by Crippen LogP contribution is -2.48. The normalized spacial score (nSPS) is 15.9. The lowest BCUT2D eigenvalue weighted by atomic mass is 10.1. The number of nitrogens with zero attached hydrogens (tertiary/aromatic N) is 2. The van der Waals surface area contributed by atoms with Gasteiger partial charge in [0.15, 0.2) is 0 Å². The van der Waals surface area contributed by atoms with Crippen LogP contribution in [0.25, 0.3) is 0 Å². The number of carbonyl (C=O) groups excluding carboxylic acids is 1.